The maximum atomic E-state index is 13.7. The summed E-state index contributed by atoms with van der Waals surface area (Å²) in [4.78, 5) is 0. The van der Waals surface area contributed by atoms with Crippen molar-refractivity contribution in [3.63, 3.8) is 0 Å². The van der Waals surface area contributed by atoms with E-state index in [1.807, 2.05) is 0 Å². The highest BCUT2D eigenvalue weighted by Gasteiger charge is 2.22. The Labute approximate surface area is 432 Å². The van der Waals surface area contributed by atoms with Crippen LogP contribution in [0.1, 0.15) is 235 Å². The number of unbranched alkanes of at least 4 members (excludes halogenated alkanes) is 3. The van der Waals surface area contributed by atoms with E-state index >= 15 is 0 Å². The van der Waals surface area contributed by atoms with Crippen LogP contribution in [0.15, 0.2) is 48.5 Å². The van der Waals surface area contributed by atoms with Crippen LogP contribution >= 0.6 is 37.2 Å². The average Bonchev–Trinajstić information content (AvgIpc) is 3.34. The summed E-state index contributed by atoms with van der Waals surface area (Å²) in [5.74, 6) is 4.81. The number of hydrogen-bond donors (Lipinski definition) is 0. The smallest absolute Gasteiger partial charge is 0.162 e. The summed E-state index contributed by atoms with van der Waals surface area (Å²) in [7, 11) is 0. The molecule has 0 spiro atoms. The van der Waals surface area contributed by atoms with Gasteiger partial charge in [0.1, 0.15) is 0 Å². The lowest BCUT2D eigenvalue weighted by Gasteiger charge is -2.27. The van der Waals surface area contributed by atoms with E-state index in [0.29, 0.717) is 35.1 Å². The molecule has 0 heterocycles. The largest absolute Gasteiger partial charge is 0.203 e. The third-order valence-corrected chi connectivity index (χ3v) is 16.2. The highest BCUT2D eigenvalue weighted by molar-refractivity contribution is 15.0. The number of aryl methyl sites for hydroxylation is 4. The van der Waals surface area contributed by atoms with Crippen LogP contribution in [0, 0.1) is 78.5 Å². The van der Waals surface area contributed by atoms with Gasteiger partial charge in [-0.2, -0.15) is 0 Å². The minimum atomic E-state index is -0.695. The van der Waals surface area contributed by atoms with Gasteiger partial charge < -0.3 is 0 Å². The Hall–Kier alpha value is -1.16. The molecule has 4 fully saturated rings. The second kappa shape index (κ2) is 34.2. The molecule has 0 nitrogen and oxygen atoms in total. The van der Waals surface area contributed by atoms with Crippen molar-refractivity contribution in [2.75, 3.05) is 0 Å². The number of benzene rings is 3. The van der Waals surface area contributed by atoms with Crippen molar-refractivity contribution in [2.45, 2.75) is 235 Å². The fourth-order valence-corrected chi connectivity index (χ4v) is 11.0. The lowest BCUT2D eigenvalue weighted by molar-refractivity contribution is 0.273. The molecule has 0 aliphatic heterocycles. The zero-order valence-electron chi connectivity index (χ0n) is 43.6. The minimum absolute atomic E-state index is 0.377. The average molecular weight is 1160 g/mol. The Bertz CT molecular complexity index is 1720. The summed E-state index contributed by atoms with van der Waals surface area (Å²) in [5.41, 5.74) is 4.98. The summed E-state index contributed by atoms with van der Waals surface area (Å²) in [6.07, 6.45) is 34.9. The van der Waals surface area contributed by atoms with E-state index in [9.17, 15) is 17.6 Å². The van der Waals surface area contributed by atoms with Gasteiger partial charge in [-0.1, -0.05) is 206 Å². The Morgan fingerprint density at radius 1 is 0.418 bits per heavy atom. The van der Waals surface area contributed by atoms with Gasteiger partial charge >= 0.3 is 0 Å². The van der Waals surface area contributed by atoms with Crippen molar-refractivity contribution >= 4 is 37.2 Å². The normalized spacial score (nSPS) is 24.9. The molecule has 0 N–H and O–H groups in total. The molecule has 7 rings (SSSR count). The molecule has 3 aromatic rings. The summed E-state index contributed by atoms with van der Waals surface area (Å²) in [6.45, 7) is 17.1. The van der Waals surface area contributed by atoms with Crippen LogP contribution in [0.25, 0.3) is 0 Å². The van der Waals surface area contributed by atoms with Gasteiger partial charge in [-0.15, -0.1) is 0 Å². The van der Waals surface area contributed by atoms with E-state index in [0.717, 1.165) is 79.4 Å². The summed E-state index contributed by atoms with van der Waals surface area (Å²) in [6, 6.07) is 16.4. The third kappa shape index (κ3) is 22.9. The minimum Gasteiger partial charge on any atom is -0.203 e. The summed E-state index contributed by atoms with van der Waals surface area (Å²) >= 11 is 4.24. The van der Waals surface area contributed by atoms with Crippen molar-refractivity contribution in [3.05, 3.63) is 105 Å². The van der Waals surface area contributed by atoms with E-state index < -0.39 is 23.3 Å². The van der Waals surface area contributed by atoms with E-state index in [2.05, 4.69) is 103 Å². The SMILES string of the molecule is CC1CCC(Cc2ccc(C3CCC(C)CC3)cc2)CC1.CCCCC1CCC(C)CC1.CCCCCc1ccc(C)c(F)c1F.Cc1ccc(CCCC2CCC(C)CC2)c(F)c1F.II. The molecule has 0 bridgehead atoms. The first-order chi connectivity index (χ1) is 32.3. The molecule has 0 amide bonds. The molecule has 6 heteroatoms. The summed E-state index contributed by atoms with van der Waals surface area (Å²) in [5, 5.41) is 0. The number of rotatable bonds is 14. The molecule has 67 heavy (non-hydrogen) atoms. The Morgan fingerprint density at radius 3 is 1.21 bits per heavy atom. The van der Waals surface area contributed by atoms with E-state index in [-0.39, 0.29) is 0 Å². The molecule has 3 aromatic carbocycles. The monoisotopic (exact) mass is 1160 g/mol. The van der Waals surface area contributed by atoms with Crippen LogP contribution in [-0.2, 0) is 19.3 Å². The second-order valence-corrected chi connectivity index (χ2v) is 22.1. The van der Waals surface area contributed by atoms with Crippen molar-refractivity contribution < 1.29 is 17.6 Å². The molecule has 4 aliphatic carbocycles. The topological polar surface area (TPSA) is 0 Å². The molecule has 380 valence electrons. The van der Waals surface area contributed by atoms with Gasteiger partial charge in [0.05, 0.1) is 0 Å². The molecular formula is C61H94F4I2. The number of halogens is 6. The lowest BCUT2D eigenvalue weighted by atomic mass is 9.78. The van der Waals surface area contributed by atoms with Crippen molar-refractivity contribution in [3.8, 4) is 0 Å². The first-order valence-corrected chi connectivity index (χ1v) is 33.7. The summed E-state index contributed by atoms with van der Waals surface area (Å²) < 4.78 is 53.6. The van der Waals surface area contributed by atoms with Crippen molar-refractivity contribution in [1.29, 1.82) is 0 Å². The van der Waals surface area contributed by atoms with E-state index in [1.165, 1.54) is 128 Å². The van der Waals surface area contributed by atoms with Crippen LogP contribution in [0.4, 0.5) is 17.6 Å². The van der Waals surface area contributed by atoms with Gasteiger partial charge in [0.15, 0.2) is 23.3 Å². The van der Waals surface area contributed by atoms with Crippen LogP contribution < -0.4 is 0 Å². The fourth-order valence-electron chi connectivity index (χ4n) is 11.0. The quantitative estimate of drug-likeness (QED) is 0.0857. The van der Waals surface area contributed by atoms with Gasteiger partial charge in [0.2, 0.25) is 0 Å². The highest BCUT2D eigenvalue weighted by atomic mass is 128. The Balaban J connectivity index is 0.000000240. The van der Waals surface area contributed by atoms with Crippen LogP contribution in [-0.4, -0.2) is 0 Å². The molecule has 0 unspecified atom stereocenters. The van der Waals surface area contributed by atoms with E-state index in [1.54, 1.807) is 49.2 Å². The zero-order chi connectivity index (χ0) is 49.1. The predicted octanol–water partition coefficient (Wildman–Crippen LogP) is 21.6. The van der Waals surface area contributed by atoms with Crippen LogP contribution in [0.3, 0.4) is 0 Å². The predicted molar refractivity (Wildman–Crippen MR) is 300 cm³/mol. The van der Waals surface area contributed by atoms with Gasteiger partial charge in [0, 0.05) is 37.2 Å². The molecule has 4 aliphatic rings. The number of hydrogen-bond acceptors (Lipinski definition) is 0. The van der Waals surface area contributed by atoms with Crippen LogP contribution in [0.2, 0.25) is 0 Å². The first-order valence-electron chi connectivity index (χ1n) is 27.4. The zero-order valence-corrected chi connectivity index (χ0v) is 47.9. The van der Waals surface area contributed by atoms with Crippen molar-refractivity contribution in [2.24, 2.45) is 41.4 Å². The highest BCUT2D eigenvalue weighted by Crippen LogP contribution is 2.37. The fraction of sp³-hybridized carbons (Fsp3) is 0.705. The Morgan fingerprint density at radius 2 is 0.791 bits per heavy atom. The van der Waals surface area contributed by atoms with Gasteiger partial charge in [0.25, 0.3) is 0 Å². The molecule has 4 saturated carbocycles. The third-order valence-electron chi connectivity index (χ3n) is 16.2. The maximum Gasteiger partial charge on any atom is 0.162 e. The second-order valence-electron chi connectivity index (χ2n) is 22.1. The molecule has 0 aromatic heterocycles. The first kappa shape index (κ1) is 60.1. The van der Waals surface area contributed by atoms with Crippen molar-refractivity contribution in [1.82, 2.24) is 0 Å². The molecular weight excluding hydrogens is 1060 g/mol. The van der Waals surface area contributed by atoms with Crippen LogP contribution in [0.5, 0.6) is 0 Å². The Kier molecular flexibility index (Phi) is 30.7. The maximum absolute atomic E-state index is 13.7. The molecule has 0 radical (unpaired) electrons. The standard InChI is InChI=1S/C21H32.C17H24F2.C12H16F2.C11H22.I2/c1-16-3-7-18(8-4-16)15-19-9-13-21(14-10-19)20-11-5-17(2)6-12-20;1-12-6-9-14(10-7-12)4-3-5-15-11-8-13(2)16(18)17(15)19;1-3-4-5-6-10-8-7-9(2)11(13)12(10)14;1-3-4-5-11-8-6-10(2)7-9-11;1-2/h9-10,13-14,16-18,20H,3-8,11-12,15H2,1-2H3;8,11-12,14H,3-7,9-10H2,1-2H3;7-8H,3-6H2,1-2H3;10-11H,3-9H2,1-2H3;. The molecule has 0 atom stereocenters. The van der Waals surface area contributed by atoms with Gasteiger partial charge in [-0.3, -0.25) is 0 Å². The van der Waals surface area contributed by atoms with E-state index in [4.69, 9.17) is 0 Å². The lowest BCUT2D eigenvalue weighted by Crippen LogP contribution is -2.14. The van der Waals surface area contributed by atoms with Gasteiger partial charge in [-0.25, -0.2) is 17.6 Å². The van der Waals surface area contributed by atoms with Gasteiger partial charge in [-0.05, 0) is 152 Å². The molecule has 0 saturated heterocycles.